The average molecular weight is 693 g/mol. The van der Waals surface area contributed by atoms with Gasteiger partial charge in [-0.15, -0.1) is 0 Å². The zero-order chi connectivity index (χ0) is 36.1. The third-order valence-electron chi connectivity index (χ3n) is 7.54. The Labute approximate surface area is 287 Å². The lowest BCUT2D eigenvalue weighted by Crippen LogP contribution is -2.34. The van der Waals surface area contributed by atoms with Crippen LogP contribution < -0.4 is 20.7 Å². The topological polar surface area (TPSA) is 137 Å². The van der Waals surface area contributed by atoms with Gasteiger partial charge in [-0.3, -0.25) is 13.9 Å². The number of anilines is 2. The number of carbonyl (C=O) groups is 2. The highest BCUT2D eigenvalue weighted by Crippen LogP contribution is 2.37. The number of methoxy groups -OCH3 is 1. The van der Waals surface area contributed by atoms with Gasteiger partial charge >= 0.3 is 12.3 Å². The zero-order valence-corrected chi connectivity index (χ0v) is 28.4. The number of aryl methyl sites for hydroxylation is 1. The molecule has 15 heteroatoms. The molecule has 3 aromatic heterocycles. The summed E-state index contributed by atoms with van der Waals surface area (Å²) in [6.45, 7) is 8.08. The van der Waals surface area contributed by atoms with E-state index in [9.17, 15) is 22.8 Å². The van der Waals surface area contributed by atoms with Crippen LogP contribution in [0.25, 0.3) is 16.9 Å². The van der Waals surface area contributed by atoms with Gasteiger partial charge in [0.1, 0.15) is 11.4 Å². The highest BCUT2D eigenvalue weighted by Gasteiger charge is 2.38. The maximum Gasteiger partial charge on any atom is 0.435 e. The molecular weight excluding hydrogens is 653 g/mol. The molecule has 0 saturated carbocycles. The minimum atomic E-state index is -4.71. The summed E-state index contributed by atoms with van der Waals surface area (Å²) in [5.41, 5.74) is 1.40. The van der Waals surface area contributed by atoms with Crippen molar-refractivity contribution in [1.29, 1.82) is 0 Å². The van der Waals surface area contributed by atoms with Crippen molar-refractivity contribution < 1.29 is 32.2 Å². The van der Waals surface area contributed by atoms with Crippen molar-refractivity contribution in [3.8, 4) is 17.0 Å². The fraction of sp³-hybridized carbons (Fsp3) is 0.343. The molecule has 0 unspecified atom stereocenters. The molecule has 2 amide bonds. The van der Waals surface area contributed by atoms with Gasteiger partial charge in [0.05, 0.1) is 31.1 Å². The van der Waals surface area contributed by atoms with Gasteiger partial charge in [-0.05, 0) is 75.1 Å². The van der Waals surface area contributed by atoms with Crippen molar-refractivity contribution in [2.24, 2.45) is 0 Å². The van der Waals surface area contributed by atoms with Crippen molar-refractivity contribution in [2.45, 2.75) is 58.9 Å². The van der Waals surface area contributed by atoms with Crippen molar-refractivity contribution in [3.05, 3.63) is 89.6 Å². The fourth-order valence-electron chi connectivity index (χ4n) is 5.24. The Morgan fingerprint density at radius 1 is 0.980 bits per heavy atom. The molecule has 264 valence electrons. The number of rotatable bonds is 12. The van der Waals surface area contributed by atoms with E-state index >= 15 is 0 Å². The van der Waals surface area contributed by atoms with E-state index in [1.165, 1.54) is 41.0 Å². The SMILES string of the molecule is CCc1cc(Nc2nccn3c(-c4cn(Cc5ccc(OC)cc5)nc4C(F)(F)F)cnc23)ccc1C(=O)NCCCNC(=O)OC(C)(C)C. The summed E-state index contributed by atoms with van der Waals surface area (Å²) in [6, 6.07) is 12.2. The van der Waals surface area contributed by atoms with Crippen LogP contribution in [-0.2, 0) is 23.9 Å². The Balaban J connectivity index is 1.30. The Hall–Kier alpha value is -5.60. The number of amides is 2. The first kappa shape index (κ1) is 35.7. The van der Waals surface area contributed by atoms with E-state index in [0.717, 1.165) is 11.1 Å². The monoisotopic (exact) mass is 692 g/mol. The first-order chi connectivity index (χ1) is 23.8. The van der Waals surface area contributed by atoms with Gasteiger partial charge in [0, 0.05) is 42.9 Å². The quantitative estimate of drug-likeness (QED) is 0.124. The number of carbonyl (C=O) groups excluding carboxylic acids is 2. The largest absolute Gasteiger partial charge is 0.497 e. The molecule has 50 heavy (non-hydrogen) atoms. The standard InChI is InChI=1S/C35H39F3N8O4/c1-6-23-18-24(10-13-26(23)32(47)40-14-7-15-41-33(48)50-34(2,3)4)43-30-31-42-19-28(46(31)17-16-39-30)27-21-45(44-29(27)35(36,37)38)20-22-8-11-25(49-5)12-9-22/h8-13,16-19,21H,6-7,14-15,20H2,1-5H3,(H,39,43)(H,40,47)(H,41,48). The lowest BCUT2D eigenvalue weighted by molar-refractivity contribution is -0.141. The number of hydrogen-bond acceptors (Lipinski definition) is 8. The van der Waals surface area contributed by atoms with Crippen LogP contribution in [0.1, 0.15) is 61.3 Å². The third kappa shape index (κ3) is 8.70. The van der Waals surface area contributed by atoms with E-state index in [4.69, 9.17) is 9.47 Å². The number of nitrogens with zero attached hydrogens (tertiary/aromatic N) is 5. The van der Waals surface area contributed by atoms with Crippen LogP contribution in [0.2, 0.25) is 0 Å². The zero-order valence-electron chi connectivity index (χ0n) is 28.4. The smallest absolute Gasteiger partial charge is 0.435 e. The molecule has 0 saturated heterocycles. The molecule has 2 aromatic carbocycles. The Bertz CT molecular complexity index is 1960. The number of benzene rings is 2. The van der Waals surface area contributed by atoms with Crippen LogP contribution >= 0.6 is 0 Å². The lowest BCUT2D eigenvalue weighted by Gasteiger charge is -2.19. The van der Waals surface area contributed by atoms with Crippen LogP contribution in [0, 0.1) is 0 Å². The number of ether oxygens (including phenoxy) is 2. The number of nitrogens with one attached hydrogen (secondary N) is 3. The fourth-order valence-corrected chi connectivity index (χ4v) is 5.24. The second-order valence-electron chi connectivity index (χ2n) is 12.4. The minimum absolute atomic E-state index is 0.122. The molecule has 5 aromatic rings. The van der Waals surface area contributed by atoms with Gasteiger partial charge in [0.2, 0.25) is 0 Å². The molecule has 5 rings (SSSR count). The average Bonchev–Trinajstić information content (AvgIpc) is 3.69. The number of aromatic nitrogens is 5. The van der Waals surface area contributed by atoms with Gasteiger partial charge in [-0.1, -0.05) is 19.1 Å². The molecule has 0 fully saturated rings. The number of fused-ring (bicyclic) bond motifs is 1. The normalized spacial score (nSPS) is 11.8. The number of hydrogen-bond donors (Lipinski definition) is 3. The first-order valence-electron chi connectivity index (χ1n) is 16.0. The summed E-state index contributed by atoms with van der Waals surface area (Å²) in [4.78, 5) is 33.6. The third-order valence-corrected chi connectivity index (χ3v) is 7.54. The summed E-state index contributed by atoms with van der Waals surface area (Å²) in [6.07, 6.45) is 1.58. The van der Waals surface area contributed by atoms with Crippen LogP contribution in [0.5, 0.6) is 5.75 Å². The Morgan fingerprint density at radius 3 is 2.40 bits per heavy atom. The Kier molecular flexibility index (Phi) is 10.6. The first-order valence-corrected chi connectivity index (χ1v) is 16.0. The highest BCUT2D eigenvalue weighted by atomic mass is 19.4. The molecular formula is C35H39F3N8O4. The summed E-state index contributed by atoms with van der Waals surface area (Å²) < 4.78 is 55.8. The highest BCUT2D eigenvalue weighted by molar-refractivity contribution is 5.96. The van der Waals surface area contributed by atoms with E-state index in [1.54, 1.807) is 57.2 Å². The van der Waals surface area contributed by atoms with Crippen molar-refractivity contribution in [2.75, 3.05) is 25.5 Å². The van der Waals surface area contributed by atoms with Gasteiger partial charge < -0.3 is 25.4 Å². The van der Waals surface area contributed by atoms with E-state index < -0.39 is 23.6 Å². The molecule has 0 bridgehead atoms. The number of alkyl halides is 3. The van der Waals surface area contributed by atoms with E-state index in [1.807, 2.05) is 13.0 Å². The molecule has 3 heterocycles. The Morgan fingerprint density at radius 2 is 1.72 bits per heavy atom. The molecule has 0 atom stereocenters. The van der Waals surface area contributed by atoms with Gasteiger partial charge in [0.25, 0.3) is 5.91 Å². The van der Waals surface area contributed by atoms with Gasteiger partial charge in [-0.25, -0.2) is 14.8 Å². The summed E-state index contributed by atoms with van der Waals surface area (Å²) in [5, 5.41) is 12.6. The van der Waals surface area contributed by atoms with Crippen LogP contribution in [-0.4, -0.2) is 61.9 Å². The summed E-state index contributed by atoms with van der Waals surface area (Å²) in [5.74, 6) is 0.701. The van der Waals surface area contributed by atoms with Crippen LogP contribution in [0.4, 0.5) is 29.5 Å². The number of halogens is 3. The van der Waals surface area contributed by atoms with Crippen LogP contribution in [0.3, 0.4) is 0 Å². The number of imidazole rings is 1. The summed E-state index contributed by atoms with van der Waals surface area (Å²) in [7, 11) is 1.54. The molecule has 0 aliphatic carbocycles. The predicted octanol–water partition coefficient (Wildman–Crippen LogP) is 6.62. The van der Waals surface area contributed by atoms with Crippen molar-refractivity contribution in [3.63, 3.8) is 0 Å². The maximum absolute atomic E-state index is 14.2. The van der Waals surface area contributed by atoms with Gasteiger partial charge in [-0.2, -0.15) is 18.3 Å². The lowest BCUT2D eigenvalue weighted by atomic mass is 10.0. The number of alkyl carbamates (subject to hydrolysis) is 1. The second kappa shape index (κ2) is 14.9. The maximum atomic E-state index is 14.2. The minimum Gasteiger partial charge on any atom is -0.497 e. The second-order valence-corrected chi connectivity index (χ2v) is 12.4. The van der Waals surface area contributed by atoms with E-state index in [0.29, 0.717) is 54.4 Å². The van der Waals surface area contributed by atoms with E-state index in [2.05, 4.69) is 31.0 Å². The molecule has 0 spiro atoms. The van der Waals surface area contributed by atoms with Crippen molar-refractivity contribution in [1.82, 2.24) is 34.8 Å². The van der Waals surface area contributed by atoms with Gasteiger partial charge in [0.15, 0.2) is 17.2 Å². The summed E-state index contributed by atoms with van der Waals surface area (Å²) >= 11 is 0. The molecule has 12 nitrogen and oxygen atoms in total. The van der Waals surface area contributed by atoms with Crippen LogP contribution in [0.15, 0.2) is 67.3 Å². The molecule has 0 radical (unpaired) electrons. The molecule has 0 aliphatic heterocycles. The molecule has 3 N–H and O–H groups in total. The molecule has 0 aliphatic rings. The van der Waals surface area contributed by atoms with Crippen molar-refractivity contribution >= 4 is 29.2 Å². The predicted molar refractivity (Wildman–Crippen MR) is 182 cm³/mol. The van der Waals surface area contributed by atoms with E-state index in [-0.39, 0.29) is 23.7 Å².